The quantitative estimate of drug-likeness (QED) is 0.747. The van der Waals surface area contributed by atoms with E-state index in [9.17, 15) is 8.42 Å². The van der Waals surface area contributed by atoms with Gasteiger partial charge in [-0.15, -0.1) is 0 Å². The van der Waals surface area contributed by atoms with Gasteiger partial charge in [0.2, 0.25) is 0 Å². The van der Waals surface area contributed by atoms with Crippen molar-refractivity contribution in [3.8, 4) is 0 Å². The van der Waals surface area contributed by atoms with Crippen LogP contribution in [0.5, 0.6) is 0 Å². The highest BCUT2D eigenvalue weighted by molar-refractivity contribution is 7.94. The Kier molecular flexibility index (Phi) is 7.17. The van der Waals surface area contributed by atoms with Crippen LogP contribution in [0.2, 0.25) is 0 Å². The molecule has 122 valence electrons. The summed E-state index contributed by atoms with van der Waals surface area (Å²) in [5.41, 5.74) is 0.884. The summed E-state index contributed by atoms with van der Waals surface area (Å²) in [7, 11) is -3.16. The molecule has 0 spiro atoms. The molecule has 0 saturated heterocycles. The molecule has 1 aromatic rings. The van der Waals surface area contributed by atoms with Crippen LogP contribution in [-0.4, -0.2) is 8.42 Å². The van der Waals surface area contributed by atoms with E-state index in [1.807, 2.05) is 36.4 Å². The lowest BCUT2D eigenvalue weighted by molar-refractivity contribution is 0.561. The second-order valence-electron chi connectivity index (χ2n) is 6.28. The zero-order valence-electron chi connectivity index (χ0n) is 13.5. The molecule has 1 aliphatic carbocycles. The fourth-order valence-corrected chi connectivity index (χ4v) is 4.68. The molecule has 0 N–H and O–H groups in total. The van der Waals surface area contributed by atoms with Gasteiger partial charge in [0.05, 0.1) is 5.75 Å². The minimum Gasteiger partial charge on any atom is -0.224 e. The molecule has 0 aromatic heterocycles. The predicted molar refractivity (Wildman–Crippen MR) is 93.3 cm³/mol. The Morgan fingerprint density at radius 3 is 2.05 bits per heavy atom. The molecule has 0 bridgehead atoms. The molecule has 2 rings (SSSR count). The first-order valence-corrected chi connectivity index (χ1v) is 10.3. The average molecular weight is 320 g/mol. The van der Waals surface area contributed by atoms with E-state index in [4.69, 9.17) is 0 Å². The first-order chi connectivity index (χ1) is 10.7. The van der Waals surface area contributed by atoms with Gasteiger partial charge in [-0.1, -0.05) is 74.9 Å². The van der Waals surface area contributed by atoms with Crippen molar-refractivity contribution in [1.82, 2.24) is 0 Å². The maximum absolute atomic E-state index is 12.7. The molecule has 0 atom stereocenters. The van der Waals surface area contributed by atoms with Crippen molar-refractivity contribution in [1.29, 1.82) is 0 Å². The van der Waals surface area contributed by atoms with Crippen molar-refractivity contribution in [2.75, 3.05) is 0 Å². The molecule has 0 aliphatic heterocycles. The van der Waals surface area contributed by atoms with E-state index in [0.717, 1.165) is 37.7 Å². The molecule has 0 radical (unpaired) electrons. The van der Waals surface area contributed by atoms with E-state index in [2.05, 4.69) is 0 Å². The van der Waals surface area contributed by atoms with Crippen LogP contribution in [0.4, 0.5) is 0 Å². The van der Waals surface area contributed by atoms with Crippen molar-refractivity contribution in [2.24, 2.45) is 0 Å². The third-order valence-electron chi connectivity index (χ3n) is 4.35. The van der Waals surface area contributed by atoms with Crippen LogP contribution in [0.3, 0.4) is 0 Å². The summed E-state index contributed by atoms with van der Waals surface area (Å²) in [4.78, 5) is 0.678. The van der Waals surface area contributed by atoms with E-state index in [0.29, 0.717) is 4.91 Å². The Morgan fingerprint density at radius 2 is 1.36 bits per heavy atom. The minimum absolute atomic E-state index is 0.139. The lowest BCUT2D eigenvalue weighted by Crippen LogP contribution is -2.08. The van der Waals surface area contributed by atoms with Gasteiger partial charge in [-0.2, -0.15) is 0 Å². The van der Waals surface area contributed by atoms with E-state index in [1.54, 1.807) is 0 Å². The van der Waals surface area contributed by atoms with Crippen molar-refractivity contribution < 1.29 is 8.42 Å². The highest BCUT2D eigenvalue weighted by Crippen LogP contribution is 2.23. The highest BCUT2D eigenvalue weighted by atomic mass is 32.2. The Morgan fingerprint density at radius 1 is 0.773 bits per heavy atom. The van der Waals surface area contributed by atoms with Crippen molar-refractivity contribution >= 4 is 9.84 Å². The van der Waals surface area contributed by atoms with E-state index >= 15 is 0 Å². The minimum atomic E-state index is -3.16. The van der Waals surface area contributed by atoms with E-state index < -0.39 is 9.84 Å². The number of sulfone groups is 1. The smallest absolute Gasteiger partial charge is 0.178 e. The zero-order valence-corrected chi connectivity index (χ0v) is 14.3. The van der Waals surface area contributed by atoms with Gasteiger partial charge >= 0.3 is 0 Å². The summed E-state index contributed by atoms with van der Waals surface area (Å²) in [6.45, 7) is 0. The first kappa shape index (κ1) is 17.3. The monoisotopic (exact) mass is 320 g/mol. The Balaban J connectivity index is 2.06. The normalized spacial score (nSPS) is 21.2. The van der Waals surface area contributed by atoms with Gasteiger partial charge in [0.25, 0.3) is 0 Å². The van der Waals surface area contributed by atoms with Crippen LogP contribution in [-0.2, 0) is 15.6 Å². The van der Waals surface area contributed by atoms with Gasteiger partial charge in [0.15, 0.2) is 9.84 Å². The fraction of sp³-hybridized carbons (Fsp3) is 0.579. The SMILES string of the molecule is O=S(=O)(Cc1ccccc1)/C1=C/CCCCCCCCCC1. The molecule has 0 fully saturated rings. The Labute approximate surface area is 135 Å². The molecule has 0 amide bonds. The van der Waals surface area contributed by atoms with Crippen LogP contribution < -0.4 is 0 Å². The predicted octanol–water partition coefficient (Wildman–Crippen LogP) is 5.40. The summed E-state index contributed by atoms with van der Waals surface area (Å²) < 4.78 is 25.4. The molecule has 22 heavy (non-hydrogen) atoms. The number of benzene rings is 1. The molecule has 1 aromatic carbocycles. The molecular formula is C19H28O2S. The third-order valence-corrected chi connectivity index (χ3v) is 6.23. The molecule has 2 nitrogen and oxygen atoms in total. The van der Waals surface area contributed by atoms with Gasteiger partial charge in [0.1, 0.15) is 0 Å². The summed E-state index contributed by atoms with van der Waals surface area (Å²) in [5.74, 6) is 0.139. The van der Waals surface area contributed by atoms with Crippen LogP contribution >= 0.6 is 0 Å². The standard InChI is InChI=1S/C19H28O2S/c20-22(21,17-18-13-9-8-10-14-18)19-15-11-6-4-2-1-3-5-7-12-16-19/h8-10,13-15H,1-7,11-12,16-17H2/b19-15+. The van der Waals surface area contributed by atoms with Gasteiger partial charge < -0.3 is 0 Å². The van der Waals surface area contributed by atoms with Crippen LogP contribution in [0, 0.1) is 0 Å². The van der Waals surface area contributed by atoms with Gasteiger partial charge in [-0.05, 0) is 31.2 Å². The summed E-state index contributed by atoms with van der Waals surface area (Å²) >= 11 is 0. The number of hydrogen-bond acceptors (Lipinski definition) is 2. The summed E-state index contributed by atoms with van der Waals surface area (Å²) in [6, 6.07) is 9.52. The molecule has 1 aliphatic rings. The molecule has 0 saturated carbocycles. The van der Waals surface area contributed by atoms with Crippen molar-refractivity contribution in [3.05, 3.63) is 46.9 Å². The average Bonchev–Trinajstić information content (AvgIpc) is 2.48. The van der Waals surface area contributed by atoms with Crippen LogP contribution in [0.1, 0.15) is 69.8 Å². The number of hydrogen-bond donors (Lipinski definition) is 0. The molecular weight excluding hydrogens is 292 g/mol. The largest absolute Gasteiger partial charge is 0.224 e. The van der Waals surface area contributed by atoms with Gasteiger partial charge in [-0.25, -0.2) is 8.42 Å². The zero-order chi connectivity index (χ0) is 15.7. The molecule has 3 heteroatoms. The number of allylic oxidation sites excluding steroid dienone is 2. The van der Waals surface area contributed by atoms with Crippen molar-refractivity contribution in [2.45, 2.75) is 70.0 Å². The van der Waals surface area contributed by atoms with Gasteiger partial charge in [0, 0.05) is 4.91 Å². The highest BCUT2D eigenvalue weighted by Gasteiger charge is 2.18. The molecule has 0 unspecified atom stereocenters. The lowest BCUT2D eigenvalue weighted by atomic mass is 10.0. The second kappa shape index (κ2) is 9.14. The third kappa shape index (κ3) is 5.96. The number of rotatable bonds is 3. The summed E-state index contributed by atoms with van der Waals surface area (Å²) in [5, 5.41) is 0. The lowest BCUT2D eigenvalue weighted by Gasteiger charge is -2.11. The van der Waals surface area contributed by atoms with E-state index in [1.165, 1.54) is 32.1 Å². The fourth-order valence-electron chi connectivity index (χ4n) is 3.04. The van der Waals surface area contributed by atoms with Crippen molar-refractivity contribution in [3.63, 3.8) is 0 Å². The Hall–Kier alpha value is -1.09. The summed E-state index contributed by atoms with van der Waals surface area (Å²) in [6.07, 6.45) is 13.3. The second-order valence-corrected chi connectivity index (χ2v) is 8.32. The molecule has 0 heterocycles. The Bertz CT molecular complexity index is 558. The van der Waals surface area contributed by atoms with Gasteiger partial charge in [-0.3, -0.25) is 0 Å². The maximum Gasteiger partial charge on any atom is 0.178 e. The first-order valence-electron chi connectivity index (χ1n) is 8.64. The van der Waals surface area contributed by atoms with E-state index in [-0.39, 0.29) is 5.75 Å². The maximum atomic E-state index is 12.7. The van der Waals surface area contributed by atoms with Crippen LogP contribution in [0.25, 0.3) is 0 Å². The van der Waals surface area contributed by atoms with Crippen LogP contribution in [0.15, 0.2) is 41.3 Å². The topological polar surface area (TPSA) is 34.1 Å².